The number of amides is 1. The standard InChI is InChI=1S/C11H17NO3/c1-3-4-5-6-10(13)12-8-7-9(2)11(14)15/h3-6,9H,7-8H2,1-2H3,(H,12,13)(H,14,15). The van der Waals surface area contributed by atoms with Crippen LogP contribution in [0.4, 0.5) is 0 Å². The van der Waals surface area contributed by atoms with Gasteiger partial charge in [-0.2, -0.15) is 0 Å². The fourth-order valence-electron chi connectivity index (χ4n) is 0.848. The molecular weight excluding hydrogens is 194 g/mol. The Labute approximate surface area is 89.7 Å². The van der Waals surface area contributed by atoms with Gasteiger partial charge in [-0.05, 0) is 13.3 Å². The molecule has 1 amide bonds. The summed E-state index contributed by atoms with van der Waals surface area (Å²) < 4.78 is 0. The Kier molecular flexibility index (Phi) is 6.97. The third-order valence-electron chi connectivity index (χ3n) is 1.85. The lowest BCUT2D eigenvalue weighted by atomic mass is 10.1. The molecular formula is C11H17NO3. The zero-order chi connectivity index (χ0) is 11.7. The van der Waals surface area contributed by atoms with E-state index in [1.165, 1.54) is 6.08 Å². The maximum absolute atomic E-state index is 11.1. The molecule has 0 saturated heterocycles. The largest absolute Gasteiger partial charge is 0.481 e. The van der Waals surface area contributed by atoms with Crippen LogP contribution in [0, 0.1) is 5.92 Å². The van der Waals surface area contributed by atoms with Crippen molar-refractivity contribution in [2.24, 2.45) is 5.92 Å². The van der Waals surface area contributed by atoms with E-state index in [0.29, 0.717) is 13.0 Å². The van der Waals surface area contributed by atoms with Gasteiger partial charge < -0.3 is 10.4 Å². The highest BCUT2D eigenvalue weighted by atomic mass is 16.4. The number of carboxylic acid groups (broad SMARTS) is 1. The quantitative estimate of drug-likeness (QED) is 0.514. The number of allylic oxidation sites excluding steroid dienone is 3. The average Bonchev–Trinajstić information content (AvgIpc) is 2.18. The summed E-state index contributed by atoms with van der Waals surface area (Å²) in [5.41, 5.74) is 0. The van der Waals surface area contributed by atoms with Crippen LogP contribution in [0.2, 0.25) is 0 Å². The highest BCUT2D eigenvalue weighted by Crippen LogP contribution is 1.99. The number of carbonyl (C=O) groups excluding carboxylic acids is 1. The lowest BCUT2D eigenvalue weighted by molar-refractivity contribution is -0.141. The summed E-state index contributed by atoms with van der Waals surface area (Å²) in [6.45, 7) is 3.85. The molecule has 0 fully saturated rings. The molecule has 1 atom stereocenters. The van der Waals surface area contributed by atoms with Gasteiger partial charge in [0.1, 0.15) is 0 Å². The SMILES string of the molecule is CC=CC=CC(=O)NCCC(C)C(=O)O. The van der Waals surface area contributed by atoms with Gasteiger partial charge in [0.15, 0.2) is 0 Å². The first-order valence-corrected chi connectivity index (χ1v) is 4.88. The van der Waals surface area contributed by atoms with E-state index in [1.807, 2.05) is 13.0 Å². The third-order valence-corrected chi connectivity index (χ3v) is 1.85. The predicted octanol–water partition coefficient (Wildman–Crippen LogP) is 1.35. The Morgan fingerprint density at radius 2 is 2.07 bits per heavy atom. The fraction of sp³-hybridized carbons (Fsp3) is 0.455. The van der Waals surface area contributed by atoms with Gasteiger partial charge in [0.25, 0.3) is 0 Å². The molecule has 15 heavy (non-hydrogen) atoms. The second-order valence-electron chi connectivity index (χ2n) is 3.20. The summed E-state index contributed by atoms with van der Waals surface area (Å²) in [7, 11) is 0. The Morgan fingerprint density at radius 3 is 2.60 bits per heavy atom. The molecule has 0 aliphatic heterocycles. The molecule has 4 nitrogen and oxygen atoms in total. The minimum atomic E-state index is -0.839. The lowest BCUT2D eigenvalue weighted by Gasteiger charge is -2.05. The molecule has 1 unspecified atom stereocenters. The van der Waals surface area contributed by atoms with Crippen LogP contribution >= 0.6 is 0 Å². The molecule has 84 valence electrons. The fourth-order valence-corrected chi connectivity index (χ4v) is 0.848. The second kappa shape index (κ2) is 7.79. The summed E-state index contributed by atoms with van der Waals surface area (Å²) in [5, 5.41) is 11.2. The van der Waals surface area contributed by atoms with Crippen molar-refractivity contribution >= 4 is 11.9 Å². The molecule has 2 N–H and O–H groups in total. The van der Waals surface area contributed by atoms with Crippen molar-refractivity contribution in [3.63, 3.8) is 0 Å². The molecule has 0 radical (unpaired) electrons. The molecule has 0 rings (SSSR count). The number of hydrogen-bond acceptors (Lipinski definition) is 2. The number of aliphatic carboxylic acids is 1. The number of nitrogens with one attached hydrogen (secondary N) is 1. The Balaban J connectivity index is 3.68. The van der Waals surface area contributed by atoms with Crippen LogP contribution in [0.1, 0.15) is 20.3 Å². The van der Waals surface area contributed by atoms with Gasteiger partial charge in [0, 0.05) is 12.6 Å². The monoisotopic (exact) mass is 211 g/mol. The molecule has 0 saturated carbocycles. The Bertz CT molecular complexity index is 269. The van der Waals surface area contributed by atoms with Crippen molar-refractivity contribution in [3.05, 3.63) is 24.3 Å². The number of hydrogen-bond donors (Lipinski definition) is 2. The van der Waals surface area contributed by atoms with Crippen molar-refractivity contribution in [1.29, 1.82) is 0 Å². The molecule has 0 aromatic carbocycles. The van der Waals surface area contributed by atoms with E-state index >= 15 is 0 Å². The summed E-state index contributed by atoms with van der Waals surface area (Å²) >= 11 is 0. The molecule has 0 bridgehead atoms. The van der Waals surface area contributed by atoms with Crippen LogP contribution in [-0.4, -0.2) is 23.5 Å². The van der Waals surface area contributed by atoms with Gasteiger partial charge in [-0.3, -0.25) is 9.59 Å². The molecule has 0 aliphatic carbocycles. The highest BCUT2D eigenvalue weighted by molar-refractivity contribution is 5.87. The van der Waals surface area contributed by atoms with Gasteiger partial charge in [-0.25, -0.2) is 0 Å². The minimum Gasteiger partial charge on any atom is -0.481 e. The summed E-state index contributed by atoms with van der Waals surface area (Å²) in [5.74, 6) is -1.47. The first kappa shape index (κ1) is 13.4. The molecule has 0 aromatic rings. The topological polar surface area (TPSA) is 66.4 Å². The first-order valence-electron chi connectivity index (χ1n) is 4.88. The van der Waals surface area contributed by atoms with Gasteiger partial charge in [-0.15, -0.1) is 0 Å². The number of carboxylic acids is 1. The lowest BCUT2D eigenvalue weighted by Crippen LogP contribution is -2.25. The number of carbonyl (C=O) groups is 2. The zero-order valence-electron chi connectivity index (χ0n) is 9.06. The van der Waals surface area contributed by atoms with Gasteiger partial charge >= 0.3 is 5.97 Å². The van der Waals surface area contributed by atoms with E-state index in [9.17, 15) is 9.59 Å². The normalized spacial score (nSPS) is 13.2. The highest BCUT2D eigenvalue weighted by Gasteiger charge is 2.09. The minimum absolute atomic E-state index is 0.203. The Morgan fingerprint density at radius 1 is 1.40 bits per heavy atom. The van der Waals surface area contributed by atoms with Gasteiger partial charge in [0.2, 0.25) is 5.91 Å². The summed E-state index contributed by atoms with van der Waals surface area (Å²) in [6.07, 6.45) is 7.05. The van der Waals surface area contributed by atoms with Crippen LogP contribution in [0.3, 0.4) is 0 Å². The first-order chi connectivity index (χ1) is 7.07. The van der Waals surface area contributed by atoms with E-state index in [0.717, 1.165) is 0 Å². The molecule has 0 aromatic heterocycles. The molecule has 4 heteroatoms. The van der Waals surface area contributed by atoms with Gasteiger partial charge in [-0.1, -0.05) is 25.2 Å². The van der Waals surface area contributed by atoms with E-state index in [1.54, 1.807) is 19.1 Å². The van der Waals surface area contributed by atoms with Crippen molar-refractivity contribution in [3.8, 4) is 0 Å². The van der Waals surface area contributed by atoms with E-state index < -0.39 is 11.9 Å². The van der Waals surface area contributed by atoms with Crippen LogP contribution in [0.5, 0.6) is 0 Å². The second-order valence-corrected chi connectivity index (χ2v) is 3.20. The Hall–Kier alpha value is -1.58. The smallest absolute Gasteiger partial charge is 0.306 e. The van der Waals surface area contributed by atoms with Crippen molar-refractivity contribution in [2.75, 3.05) is 6.54 Å². The molecule has 0 heterocycles. The van der Waals surface area contributed by atoms with Crippen molar-refractivity contribution in [2.45, 2.75) is 20.3 Å². The van der Waals surface area contributed by atoms with E-state index in [-0.39, 0.29) is 5.91 Å². The third kappa shape index (κ3) is 7.49. The van der Waals surface area contributed by atoms with Crippen LogP contribution in [-0.2, 0) is 9.59 Å². The summed E-state index contributed by atoms with van der Waals surface area (Å²) in [4.78, 5) is 21.5. The zero-order valence-corrected chi connectivity index (χ0v) is 9.06. The number of rotatable bonds is 6. The van der Waals surface area contributed by atoms with E-state index in [4.69, 9.17) is 5.11 Å². The summed E-state index contributed by atoms with van der Waals surface area (Å²) in [6, 6.07) is 0. The van der Waals surface area contributed by atoms with Crippen LogP contribution in [0.25, 0.3) is 0 Å². The maximum atomic E-state index is 11.1. The van der Waals surface area contributed by atoms with Crippen LogP contribution in [0.15, 0.2) is 24.3 Å². The average molecular weight is 211 g/mol. The van der Waals surface area contributed by atoms with Gasteiger partial charge in [0.05, 0.1) is 5.92 Å². The van der Waals surface area contributed by atoms with E-state index in [2.05, 4.69) is 5.32 Å². The van der Waals surface area contributed by atoms with Crippen molar-refractivity contribution in [1.82, 2.24) is 5.32 Å². The van der Waals surface area contributed by atoms with Crippen LogP contribution < -0.4 is 5.32 Å². The molecule has 0 aliphatic rings. The predicted molar refractivity (Wildman–Crippen MR) is 58.4 cm³/mol. The maximum Gasteiger partial charge on any atom is 0.306 e. The molecule has 0 spiro atoms. The van der Waals surface area contributed by atoms with Crippen molar-refractivity contribution < 1.29 is 14.7 Å².